The molecule has 0 amide bonds. The Morgan fingerprint density at radius 3 is 2.45 bits per heavy atom. The second-order valence-electron chi connectivity index (χ2n) is 6.91. The van der Waals surface area contributed by atoms with Gasteiger partial charge in [-0.2, -0.15) is 0 Å². The van der Waals surface area contributed by atoms with Crippen molar-refractivity contribution in [3.63, 3.8) is 0 Å². The predicted octanol–water partition coefficient (Wildman–Crippen LogP) is 5.58. The quantitative estimate of drug-likeness (QED) is 0.319. The lowest BCUT2D eigenvalue weighted by Gasteiger charge is -2.29. The Hall–Kier alpha value is -0.333. The van der Waals surface area contributed by atoms with Crippen molar-refractivity contribution in [1.29, 1.82) is 0 Å². The predicted molar refractivity (Wildman–Crippen MR) is 104 cm³/mol. The van der Waals surface area contributed by atoms with E-state index in [1.165, 1.54) is 11.1 Å². The molecule has 1 radical (unpaired) electrons. The summed E-state index contributed by atoms with van der Waals surface area (Å²) in [6.45, 7) is 11.9. The van der Waals surface area contributed by atoms with Gasteiger partial charge in [0.25, 0.3) is 9.04 Å². The zero-order valence-corrected chi connectivity index (χ0v) is 17.7. The molecule has 0 aliphatic rings. The van der Waals surface area contributed by atoms with E-state index < -0.39 is 9.04 Å². The minimum atomic E-state index is -0.702. The third-order valence-electron chi connectivity index (χ3n) is 3.50. The van der Waals surface area contributed by atoms with E-state index >= 15 is 0 Å². The van der Waals surface area contributed by atoms with Crippen LogP contribution in [0.25, 0.3) is 0 Å². The van der Waals surface area contributed by atoms with Gasteiger partial charge in [-0.05, 0) is 70.6 Å². The highest BCUT2D eigenvalue weighted by molar-refractivity contribution is 14.1. The highest BCUT2D eigenvalue weighted by Gasteiger charge is 2.24. The first-order valence-electron chi connectivity index (χ1n) is 7.64. The zero-order chi connectivity index (χ0) is 16.8. The summed E-state index contributed by atoms with van der Waals surface area (Å²) in [6.07, 6.45) is 3.31. The lowest BCUT2D eigenvalue weighted by molar-refractivity contribution is 0.185. The van der Waals surface area contributed by atoms with E-state index in [0.717, 1.165) is 10.2 Å². The van der Waals surface area contributed by atoms with Gasteiger partial charge in [0.05, 0.1) is 6.61 Å². The summed E-state index contributed by atoms with van der Waals surface area (Å²) < 4.78 is 12.2. The Morgan fingerprint density at radius 2 is 1.91 bits per heavy atom. The molecule has 1 aromatic rings. The molecule has 0 aromatic heterocycles. The summed E-state index contributed by atoms with van der Waals surface area (Å²) in [5, 5.41) is 0. The average Bonchev–Trinajstić information content (AvgIpc) is 2.36. The van der Waals surface area contributed by atoms with E-state index in [0.29, 0.717) is 12.5 Å². The van der Waals surface area contributed by atoms with Gasteiger partial charge in [0, 0.05) is 7.11 Å². The van der Waals surface area contributed by atoms with Crippen molar-refractivity contribution < 1.29 is 9.16 Å². The molecule has 0 fully saturated rings. The van der Waals surface area contributed by atoms with E-state index in [4.69, 9.17) is 9.16 Å². The number of ether oxygens (including phenoxy) is 1. The molecule has 0 saturated heterocycles. The van der Waals surface area contributed by atoms with Crippen LogP contribution in [0.3, 0.4) is 0 Å². The molecule has 1 rings (SSSR count). The second-order valence-corrected chi connectivity index (χ2v) is 9.99. The van der Waals surface area contributed by atoms with E-state index in [1.807, 2.05) is 0 Å². The van der Waals surface area contributed by atoms with Crippen molar-refractivity contribution >= 4 is 31.6 Å². The molecular formula is C18H28IO2Si. The van der Waals surface area contributed by atoms with Crippen LogP contribution in [-0.2, 0) is 22.2 Å². The van der Waals surface area contributed by atoms with Crippen molar-refractivity contribution in [3.05, 3.63) is 45.2 Å². The third-order valence-corrected chi connectivity index (χ3v) is 5.13. The Bertz CT molecular complexity index is 492. The van der Waals surface area contributed by atoms with Gasteiger partial charge < -0.3 is 9.16 Å². The highest BCUT2D eigenvalue weighted by atomic mass is 127. The molecule has 0 N–H and O–H groups in total. The number of methoxy groups -OCH3 is 1. The van der Waals surface area contributed by atoms with E-state index in [1.54, 1.807) is 7.11 Å². The summed E-state index contributed by atoms with van der Waals surface area (Å²) in [4.78, 5) is 0. The van der Waals surface area contributed by atoms with Gasteiger partial charge in [-0.3, -0.25) is 0 Å². The maximum Gasteiger partial charge on any atom is 0.274 e. The summed E-state index contributed by atoms with van der Waals surface area (Å²) in [5.74, 6) is 0.443. The van der Waals surface area contributed by atoms with Crippen LogP contribution in [0, 0.1) is 11.3 Å². The molecule has 0 spiro atoms. The molecule has 1 atom stereocenters. The normalized spacial score (nSPS) is 14.3. The minimum absolute atomic E-state index is 0.200. The first kappa shape index (κ1) is 19.7. The molecule has 2 nitrogen and oxygen atoms in total. The van der Waals surface area contributed by atoms with Crippen LogP contribution >= 0.6 is 22.6 Å². The molecular weight excluding hydrogens is 403 g/mol. The molecule has 0 unspecified atom stereocenters. The van der Waals surface area contributed by atoms with Crippen molar-refractivity contribution in [1.82, 2.24) is 0 Å². The number of halogens is 1. The molecule has 0 bridgehead atoms. The Kier molecular flexibility index (Phi) is 8.14. The number of hydrogen-bond acceptors (Lipinski definition) is 2. The van der Waals surface area contributed by atoms with Crippen LogP contribution < -0.4 is 0 Å². The van der Waals surface area contributed by atoms with Gasteiger partial charge in [0.1, 0.15) is 3.77 Å². The van der Waals surface area contributed by atoms with Crippen molar-refractivity contribution in [3.8, 4) is 0 Å². The summed E-state index contributed by atoms with van der Waals surface area (Å²) >= 11 is 2.32. The Morgan fingerprint density at radius 1 is 1.27 bits per heavy atom. The fourth-order valence-electron chi connectivity index (χ4n) is 2.27. The number of hydrogen-bond donors (Lipinski definition) is 0. The van der Waals surface area contributed by atoms with Gasteiger partial charge >= 0.3 is 0 Å². The molecule has 0 heterocycles. The average molecular weight is 431 g/mol. The van der Waals surface area contributed by atoms with Crippen molar-refractivity contribution in [2.75, 3.05) is 7.11 Å². The van der Waals surface area contributed by atoms with Gasteiger partial charge in [-0.15, -0.1) is 0 Å². The monoisotopic (exact) mass is 431 g/mol. The first-order valence-corrected chi connectivity index (χ1v) is 11.1. The number of allylic oxidation sites excluding steroid dienone is 1. The SMILES string of the molecule is COCc1cccc(C[C@@H](C=C(I)O[Si](C)C)C(C)(C)C)c1. The standard InChI is InChI=1S/C18H28IO2Si/c1-18(2,3)16(12-17(19)21-22(5)6)11-14-8-7-9-15(10-14)13-20-4/h7-10,12,16H,11,13H2,1-6H3/t16-/m0/s1. The summed E-state index contributed by atoms with van der Waals surface area (Å²) in [6, 6.07) is 8.69. The van der Waals surface area contributed by atoms with Crippen LogP contribution in [0.4, 0.5) is 0 Å². The smallest absolute Gasteiger partial charge is 0.274 e. The largest absolute Gasteiger partial charge is 0.539 e. The molecule has 0 aliphatic heterocycles. The summed E-state index contributed by atoms with van der Waals surface area (Å²) in [7, 11) is 1.04. The van der Waals surface area contributed by atoms with Crippen molar-refractivity contribution in [2.24, 2.45) is 11.3 Å². The van der Waals surface area contributed by atoms with Crippen molar-refractivity contribution in [2.45, 2.75) is 46.9 Å². The zero-order valence-electron chi connectivity index (χ0n) is 14.6. The molecule has 0 saturated carbocycles. The maximum atomic E-state index is 5.91. The molecule has 1 aromatic carbocycles. The molecule has 0 aliphatic carbocycles. The van der Waals surface area contributed by atoms with E-state index in [-0.39, 0.29) is 5.41 Å². The first-order chi connectivity index (χ1) is 10.2. The number of benzene rings is 1. The second kappa shape index (κ2) is 9.08. The fraction of sp³-hybridized carbons (Fsp3) is 0.556. The molecule has 4 heteroatoms. The van der Waals surface area contributed by atoms with E-state index in [9.17, 15) is 0 Å². The minimum Gasteiger partial charge on any atom is -0.539 e. The lowest BCUT2D eigenvalue weighted by atomic mass is 9.77. The van der Waals surface area contributed by atoms with Crippen LogP contribution in [0.2, 0.25) is 13.1 Å². The number of rotatable bonds is 7. The maximum absolute atomic E-state index is 5.91. The van der Waals surface area contributed by atoms with Crippen LogP contribution in [0.1, 0.15) is 31.9 Å². The Balaban J connectivity index is 2.92. The van der Waals surface area contributed by atoms with Gasteiger partial charge in [-0.1, -0.05) is 45.0 Å². The molecule has 123 valence electrons. The van der Waals surface area contributed by atoms with Crippen LogP contribution in [-0.4, -0.2) is 16.2 Å². The molecule has 22 heavy (non-hydrogen) atoms. The highest BCUT2D eigenvalue weighted by Crippen LogP contribution is 2.32. The Labute approximate surface area is 151 Å². The summed E-state index contributed by atoms with van der Waals surface area (Å²) in [5.41, 5.74) is 2.79. The van der Waals surface area contributed by atoms with Crippen LogP contribution in [0.15, 0.2) is 34.1 Å². The van der Waals surface area contributed by atoms with Gasteiger partial charge in [0.2, 0.25) is 0 Å². The van der Waals surface area contributed by atoms with Gasteiger partial charge in [0.15, 0.2) is 0 Å². The topological polar surface area (TPSA) is 18.5 Å². The van der Waals surface area contributed by atoms with Crippen LogP contribution in [0.5, 0.6) is 0 Å². The van der Waals surface area contributed by atoms with Gasteiger partial charge in [-0.25, -0.2) is 0 Å². The fourth-order valence-corrected chi connectivity index (χ4v) is 4.48. The van der Waals surface area contributed by atoms with E-state index in [2.05, 4.69) is 86.8 Å². The lowest BCUT2D eigenvalue weighted by Crippen LogP contribution is -2.21. The third kappa shape index (κ3) is 7.29.